The Hall–Kier alpha value is -1.29. The molecule has 1 aromatic carbocycles. The van der Waals surface area contributed by atoms with E-state index >= 15 is 0 Å². The number of halogens is 1. The number of hydrogen-bond acceptors (Lipinski definition) is 1. The molecule has 0 aliphatic rings. The molecule has 0 aliphatic heterocycles. The fourth-order valence-corrected chi connectivity index (χ4v) is 1.66. The molecule has 0 unspecified atom stereocenters. The fraction of sp³-hybridized carbons (Fsp3) is 0.357. The summed E-state index contributed by atoms with van der Waals surface area (Å²) >= 11 is 3.44. The van der Waals surface area contributed by atoms with Crippen LogP contribution in [0.25, 0.3) is 0 Å². The molecule has 0 aromatic heterocycles. The lowest BCUT2D eigenvalue weighted by molar-refractivity contribution is 0.243. The Labute approximate surface area is 117 Å². The van der Waals surface area contributed by atoms with Crippen LogP contribution in [0, 0.1) is 5.41 Å². The molecule has 1 aromatic rings. The summed E-state index contributed by atoms with van der Waals surface area (Å²) in [5.74, 6) is 0. The Morgan fingerprint density at radius 1 is 1.33 bits per heavy atom. The van der Waals surface area contributed by atoms with Gasteiger partial charge in [0.15, 0.2) is 0 Å². The van der Waals surface area contributed by atoms with Gasteiger partial charge in [0.05, 0.1) is 0 Å². The summed E-state index contributed by atoms with van der Waals surface area (Å²) in [6.45, 7) is 6.72. The summed E-state index contributed by atoms with van der Waals surface area (Å²) in [6.07, 6.45) is 3.63. The molecule has 0 aliphatic carbocycles. The van der Waals surface area contributed by atoms with Crippen molar-refractivity contribution in [1.82, 2.24) is 10.6 Å². The second-order valence-corrected chi connectivity index (χ2v) is 5.97. The first kappa shape index (κ1) is 14.8. The van der Waals surface area contributed by atoms with Gasteiger partial charge in [-0.15, -0.1) is 0 Å². The second-order valence-electron chi connectivity index (χ2n) is 5.12. The molecule has 4 heteroatoms. The van der Waals surface area contributed by atoms with Crippen molar-refractivity contribution in [1.29, 1.82) is 0 Å². The average molecular weight is 311 g/mol. The van der Waals surface area contributed by atoms with Gasteiger partial charge in [-0.05, 0) is 17.0 Å². The highest BCUT2D eigenvalue weighted by Gasteiger charge is 2.04. The number of urea groups is 1. The zero-order valence-corrected chi connectivity index (χ0v) is 12.5. The van der Waals surface area contributed by atoms with Crippen molar-refractivity contribution < 1.29 is 4.79 Å². The lowest BCUT2D eigenvalue weighted by atomic mass is 9.97. The van der Waals surface area contributed by atoms with E-state index in [4.69, 9.17) is 0 Å². The largest absolute Gasteiger partial charge is 0.334 e. The van der Waals surface area contributed by atoms with Gasteiger partial charge in [-0.1, -0.05) is 61.0 Å². The predicted octanol–water partition coefficient (Wildman–Crippen LogP) is 3.81. The average Bonchev–Trinajstić information content (AvgIpc) is 2.26. The van der Waals surface area contributed by atoms with Gasteiger partial charge in [-0.3, -0.25) is 0 Å². The standard InChI is InChI=1S/C14H19BrN2O/c1-14(2,3)8-9-16-13(18)17-10-11-6-4-5-7-12(11)15/h4-9H,10H2,1-3H3,(H2,16,17,18)/b9-8+. The molecule has 0 fully saturated rings. The highest BCUT2D eigenvalue weighted by Crippen LogP contribution is 2.15. The molecule has 0 radical (unpaired) electrons. The van der Waals surface area contributed by atoms with Crippen LogP contribution >= 0.6 is 15.9 Å². The van der Waals surface area contributed by atoms with Crippen molar-refractivity contribution in [2.75, 3.05) is 0 Å². The Morgan fingerprint density at radius 2 is 2.00 bits per heavy atom. The molecule has 3 nitrogen and oxygen atoms in total. The molecule has 2 amide bonds. The summed E-state index contributed by atoms with van der Waals surface area (Å²) < 4.78 is 0.996. The normalized spacial score (nSPS) is 11.6. The lowest BCUT2D eigenvalue weighted by Gasteiger charge is -2.11. The van der Waals surface area contributed by atoms with Crippen LogP contribution in [-0.2, 0) is 6.54 Å². The molecule has 18 heavy (non-hydrogen) atoms. The molecule has 0 bridgehead atoms. The van der Waals surface area contributed by atoms with Crippen LogP contribution in [0.3, 0.4) is 0 Å². The molecule has 1 rings (SSSR count). The number of carbonyl (C=O) groups is 1. The van der Waals surface area contributed by atoms with Crippen molar-refractivity contribution in [3.05, 3.63) is 46.6 Å². The van der Waals surface area contributed by atoms with E-state index < -0.39 is 0 Å². The van der Waals surface area contributed by atoms with Crippen LogP contribution < -0.4 is 10.6 Å². The van der Waals surface area contributed by atoms with Crippen molar-refractivity contribution in [2.45, 2.75) is 27.3 Å². The molecule has 0 atom stereocenters. The zero-order chi connectivity index (χ0) is 13.6. The van der Waals surface area contributed by atoms with E-state index in [2.05, 4.69) is 47.3 Å². The topological polar surface area (TPSA) is 41.1 Å². The summed E-state index contributed by atoms with van der Waals surface area (Å²) in [5, 5.41) is 5.48. The first-order chi connectivity index (χ1) is 8.38. The summed E-state index contributed by atoms with van der Waals surface area (Å²) in [4.78, 5) is 11.5. The van der Waals surface area contributed by atoms with E-state index in [1.165, 1.54) is 0 Å². The van der Waals surface area contributed by atoms with Crippen molar-refractivity contribution in [2.24, 2.45) is 5.41 Å². The number of allylic oxidation sites excluding steroid dienone is 1. The number of benzene rings is 1. The summed E-state index contributed by atoms with van der Waals surface area (Å²) in [6, 6.07) is 7.61. The van der Waals surface area contributed by atoms with E-state index in [1.807, 2.05) is 30.3 Å². The second kappa shape index (κ2) is 6.59. The van der Waals surface area contributed by atoms with Gasteiger partial charge in [0.1, 0.15) is 0 Å². The number of amides is 2. The fourth-order valence-electron chi connectivity index (χ4n) is 1.24. The van der Waals surface area contributed by atoms with E-state index in [0.29, 0.717) is 6.54 Å². The summed E-state index contributed by atoms with van der Waals surface area (Å²) in [7, 11) is 0. The Balaban J connectivity index is 2.39. The quantitative estimate of drug-likeness (QED) is 0.875. The Kier molecular flexibility index (Phi) is 5.41. The lowest BCUT2D eigenvalue weighted by Crippen LogP contribution is -2.31. The van der Waals surface area contributed by atoms with Gasteiger partial charge in [0, 0.05) is 17.2 Å². The van der Waals surface area contributed by atoms with Crippen LogP contribution in [-0.4, -0.2) is 6.03 Å². The van der Waals surface area contributed by atoms with E-state index in [0.717, 1.165) is 10.0 Å². The van der Waals surface area contributed by atoms with Gasteiger partial charge < -0.3 is 10.6 Å². The molecular formula is C14H19BrN2O. The van der Waals surface area contributed by atoms with Crippen molar-refractivity contribution >= 4 is 22.0 Å². The smallest absolute Gasteiger partial charge is 0.319 e. The maximum atomic E-state index is 11.5. The van der Waals surface area contributed by atoms with E-state index in [1.54, 1.807) is 6.20 Å². The van der Waals surface area contributed by atoms with Gasteiger partial charge in [0.2, 0.25) is 0 Å². The van der Waals surface area contributed by atoms with Crippen LogP contribution in [0.5, 0.6) is 0 Å². The van der Waals surface area contributed by atoms with Gasteiger partial charge in [0.25, 0.3) is 0 Å². The molecular weight excluding hydrogens is 292 g/mol. The maximum Gasteiger partial charge on any atom is 0.319 e. The number of nitrogens with one attached hydrogen (secondary N) is 2. The highest BCUT2D eigenvalue weighted by molar-refractivity contribution is 9.10. The Morgan fingerprint density at radius 3 is 2.61 bits per heavy atom. The first-order valence-electron chi connectivity index (χ1n) is 5.84. The summed E-state index contributed by atoms with van der Waals surface area (Å²) in [5.41, 5.74) is 1.11. The highest BCUT2D eigenvalue weighted by atomic mass is 79.9. The molecule has 0 saturated carbocycles. The van der Waals surface area contributed by atoms with Crippen LogP contribution in [0.2, 0.25) is 0 Å². The maximum absolute atomic E-state index is 11.5. The monoisotopic (exact) mass is 310 g/mol. The third kappa shape index (κ3) is 5.87. The minimum absolute atomic E-state index is 0.0652. The third-order valence-electron chi connectivity index (χ3n) is 2.19. The first-order valence-corrected chi connectivity index (χ1v) is 6.63. The number of rotatable bonds is 3. The van der Waals surface area contributed by atoms with Crippen LogP contribution in [0.1, 0.15) is 26.3 Å². The molecule has 0 saturated heterocycles. The SMILES string of the molecule is CC(C)(C)/C=C/NC(=O)NCc1ccccc1Br. The third-order valence-corrected chi connectivity index (χ3v) is 2.97. The van der Waals surface area contributed by atoms with Crippen molar-refractivity contribution in [3.8, 4) is 0 Å². The molecule has 0 heterocycles. The zero-order valence-electron chi connectivity index (χ0n) is 11.0. The van der Waals surface area contributed by atoms with Crippen LogP contribution in [0.4, 0.5) is 4.79 Å². The van der Waals surface area contributed by atoms with Gasteiger partial charge >= 0.3 is 6.03 Å². The Bertz CT molecular complexity index is 436. The molecule has 2 N–H and O–H groups in total. The predicted molar refractivity (Wildman–Crippen MR) is 78.1 cm³/mol. The molecule has 0 spiro atoms. The van der Waals surface area contributed by atoms with E-state index in [9.17, 15) is 4.79 Å². The van der Waals surface area contributed by atoms with E-state index in [-0.39, 0.29) is 11.4 Å². The minimum Gasteiger partial charge on any atom is -0.334 e. The van der Waals surface area contributed by atoms with Gasteiger partial charge in [-0.25, -0.2) is 4.79 Å². The number of carbonyl (C=O) groups excluding carboxylic acids is 1. The van der Waals surface area contributed by atoms with Crippen LogP contribution in [0.15, 0.2) is 41.0 Å². The van der Waals surface area contributed by atoms with Gasteiger partial charge in [-0.2, -0.15) is 0 Å². The minimum atomic E-state index is -0.203. The number of hydrogen-bond donors (Lipinski definition) is 2. The van der Waals surface area contributed by atoms with Crippen molar-refractivity contribution in [3.63, 3.8) is 0 Å². The molecule has 98 valence electrons.